The normalized spacial score (nSPS) is 36.5. The summed E-state index contributed by atoms with van der Waals surface area (Å²) >= 11 is 0. The van der Waals surface area contributed by atoms with E-state index in [0.717, 1.165) is 19.0 Å². The van der Waals surface area contributed by atoms with E-state index >= 15 is 0 Å². The first kappa shape index (κ1) is 9.56. The molecule has 0 aromatic carbocycles. The maximum atomic E-state index is 5.89. The van der Waals surface area contributed by atoms with Crippen molar-refractivity contribution in [3.8, 4) is 0 Å². The summed E-state index contributed by atoms with van der Waals surface area (Å²) in [6.07, 6.45) is 5.67. The smallest absolute Gasteiger partial charge is 0.192 e. The van der Waals surface area contributed by atoms with Crippen molar-refractivity contribution in [3.05, 3.63) is 12.7 Å². The Kier molecular flexibility index (Phi) is 2.25. The summed E-state index contributed by atoms with van der Waals surface area (Å²) < 4.78 is 0. The standard InChI is InChI=1S/C11H19N3/c1-3-6-14-10(12)13-8-11(14)5-4-9(2)7-11/h3,9H,1,4-8H2,2H3,(H2,12,13). The van der Waals surface area contributed by atoms with Crippen LogP contribution in [0.1, 0.15) is 26.2 Å². The van der Waals surface area contributed by atoms with Crippen molar-refractivity contribution in [2.24, 2.45) is 16.6 Å². The van der Waals surface area contributed by atoms with Crippen LogP contribution in [0.4, 0.5) is 0 Å². The van der Waals surface area contributed by atoms with Crippen molar-refractivity contribution in [1.82, 2.24) is 4.90 Å². The number of nitrogens with two attached hydrogens (primary N) is 1. The van der Waals surface area contributed by atoms with Gasteiger partial charge in [0.2, 0.25) is 0 Å². The lowest BCUT2D eigenvalue weighted by molar-refractivity contribution is 0.217. The van der Waals surface area contributed by atoms with Crippen LogP contribution in [0.2, 0.25) is 0 Å². The molecular weight excluding hydrogens is 174 g/mol. The van der Waals surface area contributed by atoms with Crippen LogP contribution in [0.25, 0.3) is 0 Å². The molecule has 2 rings (SSSR count). The molecule has 0 bridgehead atoms. The van der Waals surface area contributed by atoms with Crippen LogP contribution in [-0.4, -0.2) is 29.5 Å². The molecule has 2 unspecified atom stereocenters. The summed E-state index contributed by atoms with van der Waals surface area (Å²) in [7, 11) is 0. The Hall–Kier alpha value is -0.990. The quantitative estimate of drug-likeness (QED) is 0.673. The molecule has 2 aliphatic rings. The predicted molar refractivity (Wildman–Crippen MR) is 59.1 cm³/mol. The van der Waals surface area contributed by atoms with Crippen LogP contribution in [0.5, 0.6) is 0 Å². The molecule has 0 aromatic heterocycles. The lowest BCUT2D eigenvalue weighted by Gasteiger charge is -2.35. The zero-order chi connectivity index (χ0) is 10.2. The first-order valence-corrected chi connectivity index (χ1v) is 5.36. The maximum Gasteiger partial charge on any atom is 0.192 e. The second-order valence-corrected chi connectivity index (χ2v) is 4.65. The van der Waals surface area contributed by atoms with Crippen molar-refractivity contribution in [3.63, 3.8) is 0 Å². The number of aliphatic imine (C=N–C) groups is 1. The van der Waals surface area contributed by atoms with Crippen LogP contribution in [0.3, 0.4) is 0 Å². The topological polar surface area (TPSA) is 41.6 Å². The van der Waals surface area contributed by atoms with E-state index in [1.54, 1.807) is 0 Å². The number of nitrogens with zero attached hydrogens (tertiary/aromatic N) is 2. The second-order valence-electron chi connectivity index (χ2n) is 4.65. The van der Waals surface area contributed by atoms with E-state index in [0.29, 0.717) is 5.96 Å². The fourth-order valence-corrected chi connectivity index (χ4v) is 2.81. The van der Waals surface area contributed by atoms with Crippen LogP contribution < -0.4 is 5.73 Å². The molecule has 1 fully saturated rings. The molecular formula is C11H19N3. The Balaban J connectivity index is 2.16. The third-order valence-corrected chi connectivity index (χ3v) is 3.53. The van der Waals surface area contributed by atoms with E-state index in [1.165, 1.54) is 19.3 Å². The molecule has 0 saturated heterocycles. The monoisotopic (exact) mass is 193 g/mol. The summed E-state index contributed by atoms with van der Waals surface area (Å²) in [4.78, 5) is 6.62. The molecule has 1 saturated carbocycles. The maximum absolute atomic E-state index is 5.89. The molecule has 2 atom stereocenters. The van der Waals surface area contributed by atoms with Crippen LogP contribution in [0, 0.1) is 5.92 Å². The molecule has 0 aromatic rings. The minimum absolute atomic E-state index is 0.234. The Morgan fingerprint density at radius 1 is 1.79 bits per heavy atom. The molecule has 78 valence electrons. The highest BCUT2D eigenvalue weighted by molar-refractivity contribution is 5.81. The molecule has 0 radical (unpaired) electrons. The SMILES string of the molecule is C=CCN1C(N)=NCC12CCC(C)C2. The van der Waals surface area contributed by atoms with Gasteiger partial charge in [-0.3, -0.25) is 4.99 Å². The van der Waals surface area contributed by atoms with Gasteiger partial charge in [0.25, 0.3) is 0 Å². The van der Waals surface area contributed by atoms with Crippen molar-refractivity contribution in [2.45, 2.75) is 31.7 Å². The van der Waals surface area contributed by atoms with Gasteiger partial charge in [-0.05, 0) is 25.2 Å². The average Bonchev–Trinajstić information content (AvgIpc) is 2.66. The largest absolute Gasteiger partial charge is 0.370 e. The molecule has 3 heteroatoms. The lowest BCUT2D eigenvalue weighted by Crippen LogP contribution is -2.50. The number of hydrogen-bond acceptors (Lipinski definition) is 3. The molecule has 3 nitrogen and oxygen atoms in total. The molecule has 1 heterocycles. The molecule has 1 spiro atoms. The Labute approximate surface area is 85.7 Å². The van der Waals surface area contributed by atoms with Gasteiger partial charge in [-0.2, -0.15) is 0 Å². The summed E-state index contributed by atoms with van der Waals surface area (Å²) in [5, 5.41) is 0. The lowest BCUT2D eigenvalue weighted by atomic mass is 9.95. The van der Waals surface area contributed by atoms with E-state index in [-0.39, 0.29) is 5.54 Å². The number of hydrogen-bond donors (Lipinski definition) is 1. The Morgan fingerprint density at radius 3 is 3.14 bits per heavy atom. The fourth-order valence-electron chi connectivity index (χ4n) is 2.81. The molecule has 0 amide bonds. The highest BCUT2D eigenvalue weighted by atomic mass is 15.4. The van der Waals surface area contributed by atoms with Gasteiger partial charge in [0.15, 0.2) is 5.96 Å². The number of guanidine groups is 1. The van der Waals surface area contributed by atoms with Gasteiger partial charge in [-0.15, -0.1) is 6.58 Å². The van der Waals surface area contributed by atoms with Gasteiger partial charge in [-0.25, -0.2) is 0 Å². The van der Waals surface area contributed by atoms with E-state index < -0.39 is 0 Å². The fraction of sp³-hybridized carbons (Fsp3) is 0.727. The summed E-state index contributed by atoms with van der Waals surface area (Å²) in [6, 6.07) is 0. The third-order valence-electron chi connectivity index (χ3n) is 3.53. The highest BCUT2D eigenvalue weighted by Crippen LogP contribution is 2.41. The van der Waals surface area contributed by atoms with Crippen molar-refractivity contribution in [1.29, 1.82) is 0 Å². The van der Waals surface area contributed by atoms with Crippen LogP contribution in [-0.2, 0) is 0 Å². The summed E-state index contributed by atoms with van der Waals surface area (Å²) in [5.41, 5.74) is 6.13. The van der Waals surface area contributed by atoms with Gasteiger partial charge < -0.3 is 10.6 Å². The van der Waals surface area contributed by atoms with Gasteiger partial charge in [0.1, 0.15) is 0 Å². The van der Waals surface area contributed by atoms with Crippen molar-refractivity contribution in [2.75, 3.05) is 13.1 Å². The van der Waals surface area contributed by atoms with Crippen LogP contribution >= 0.6 is 0 Å². The van der Waals surface area contributed by atoms with E-state index in [1.807, 2.05) is 6.08 Å². The molecule has 1 aliphatic heterocycles. The van der Waals surface area contributed by atoms with Gasteiger partial charge in [0, 0.05) is 6.54 Å². The minimum atomic E-state index is 0.234. The van der Waals surface area contributed by atoms with E-state index in [4.69, 9.17) is 5.73 Å². The average molecular weight is 193 g/mol. The minimum Gasteiger partial charge on any atom is -0.370 e. The highest BCUT2D eigenvalue weighted by Gasteiger charge is 2.45. The van der Waals surface area contributed by atoms with Gasteiger partial charge >= 0.3 is 0 Å². The first-order valence-electron chi connectivity index (χ1n) is 5.36. The third kappa shape index (κ3) is 1.31. The zero-order valence-corrected chi connectivity index (χ0v) is 8.87. The van der Waals surface area contributed by atoms with Crippen molar-refractivity contribution < 1.29 is 0 Å². The summed E-state index contributed by atoms with van der Waals surface area (Å²) in [6.45, 7) is 7.82. The Bertz CT molecular complexity index is 272. The van der Waals surface area contributed by atoms with E-state index in [2.05, 4.69) is 23.4 Å². The second kappa shape index (κ2) is 3.30. The van der Waals surface area contributed by atoms with Gasteiger partial charge in [-0.1, -0.05) is 13.0 Å². The molecule has 14 heavy (non-hydrogen) atoms. The predicted octanol–water partition coefficient (Wildman–Crippen LogP) is 1.36. The van der Waals surface area contributed by atoms with Crippen molar-refractivity contribution >= 4 is 5.96 Å². The van der Waals surface area contributed by atoms with Crippen LogP contribution in [0.15, 0.2) is 17.6 Å². The summed E-state index contributed by atoms with van der Waals surface area (Å²) in [5.74, 6) is 1.52. The molecule has 1 aliphatic carbocycles. The zero-order valence-electron chi connectivity index (χ0n) is 8.87. The number of rotatable bonds is 2. The first-order chi connectivity index (χ1) is 6.68. The van der Waals surface area contributed by atoms with E-state index in [9.17, 15) is 0 Å². The Morgan fingerprint density at radius 2 is 2.57 bits per heavy atom. The van der Waals surface area contributed by atoms with Gasteiger partial charge in [0.05, 0.1) is 12.1 Å². The molecule has 2 N–H and O–H groups in total.